The summed E-state index contributed by atoms with van der Waals surface area (Å²) in [4.78, 5) is 26.0. The number of pyridine rings is 2. The van der Waals surface area contributed by atoms with Gasteiger partial charge in [-0.25, -0.2) is 14.7 Å². The summed E-state index contributed by atoms with van der Waals surface area (Å²) < 4.78 is 0. The molecule has 2 aromatic heterocycles. The summed E-state index contributed by atoms with van der Waals surface area (Å²) in [6, 6.07) is 23.0. The monoisotopic (exact) mass is 381 g/mol. The number of nitrogens with two attached hydrogens (primary N) is 1. The lowest BCUT2D eigenvalue weighted by Crippen LogP contribution is -2.44. The number of nitrogens with zero attached hydrogens (tertiary/aromatic N) is 4. The highest BCUT2D eigenvalue weighted by Crippen LogP contribution is 2.34. The molecule has 3 heterocycles. The normalized spacial score (nSPS) is 13.6. The van der Waals surface area contributed by atoms with Crippen LogP contribution in [0.2, 0.25) is 0 Å². The van der Waals surface area contributed by atoms with Gasteiger partial charge in [0.2, 0.25) is 0 Å². The first-order valence-electron chi connectivity index (χ1n) is 9.42. The van der Waals surface area contributed by atoms with E-state index < -0.39 is 0 Å². The molecule has 29 heavy (non-hydrogen) atoms. The molecule has 0 aliphatic carbocycles. The molecule has 1 aliphatic heterocycles. The van der Waals surface area contributed by atoms with Gasteiger partial charge in [0.05, 0.1) is 30.0 Å². The van der Waals surface area contributed by atoms with Gasteiger partial charge in [0.25, 0.3) is 0 Å². The highest BCUT2D eigenvalue weighted by Gasteiger charge is 2.32. The summed E-state index contributed by atoms with van der Waals surface area (Å²) in [7, 11) is 0. The predicted octanol–water partition coefficient (Wildman–Crippen LogP) is 4.49. The van der Waals surface area contributed by atoms with E-state index in [4.69, 9.17) is 10.7 Å². The van der Waals surface area contributed by atoms with Crippen LogP contribution < -0.4 is 10.6 Å². The van der Waals surface area contributed by atoms with Crippen molar-refractivity contribution in [1.82, 2.24) is 14.9 Å². The fourth-order valence-corrected chi connectivity index (χ4v) is 3.67. The fraction of sp³-hybridized carbons (Fsp3) is 0.0870. The number of urea groups is 1. The van der Waals surface area contributed by atoms with Crippen LogP contribution in [0.15, 0.2) is 79.0 Å². The lowest BCUT2D eigenvalue weighted by molar-refractivity contribution is 0.197. The number of benzene rings is 2. The van der Waals surface area contributed by atoms with Crippen LogP contribution in [0.5, 0.6) is 0 Å². The number of carbonyl (C=O) groups is 1. The number of hydrogen-bond donors (Lipinski definition) is 1. The summed E-state index contributed by atoms with van der Waals surface area (Å²) in [6.07, 6.45) is 1.70. The summed E-state index contributed by atoms with van der Waals surface area (Å²) in [5, 5.41) is 1.08. The van der Waals surface area contributed by atoms with Crippen molar-refractivity contribution in [3.63, 3.8) is 0 Å². The van der Waals surface area contributed by atoms with Gasteiger partial charge >= 0.3 is 6.03 Å². The molecule has 0 fully saturated rings. The topological polar surface area (TPSA) is 75.3 Å². The maximum absolute atomic E-state index is 13.4. The zero-order valence-electron chi connectivity index (χ0n) is 15.7. The van der Waals surface area contributed by atoms with E-state index in [0.717, 1.165) is 22.2 Å². The third kappa shape index (κ3) is 3.14. The SMILES string of the molecule is Nc1cccc(N2C(=O)N(Cc3ccc4ccccc4n3)Cc3cccnc32)c1. The third-order valence-electron chi connectivity index (χ3n) is 5.04. The van der Waals surface area contributed by atoms with E-state index in [-0.39, 0.29) is 6.03 Å². The van der Waals surface area contributed by atoms with E-state index >= 15 is 0 Å². The molecule has 6 heteroatoms. The minimum absolute atomic E-state index is 0.142. The molecule has 142 valence electrons. The Morgan fingerprint density at radius 2 is 1.86 bits per heavy atom. The lowest BCUT2D eigenvalue weighted by atomic mass is 10.1. The van der Waals surface area contributed by atoms with Crippen LogP contribution in [-0.2, 0) is 13.1 Å². The van der Waals surface area contributed by atoms with Crippen molar-refractivity contribution < 1.29 is 4.79 Å². The Hall–Kier alpha value is -3.93. The Morgan fingerprint density at radius 1 is 0.966 bits per heavy atom. The van der Waals surface area contributed by atoms with Crippen LogP contribution in [-0.4, -0.2) is 20.9 Å². The number of amides is 2. The van der Waals surface area contributed by atoms with Crippen LogP contribution in [0, 0.1) is 0 Å². The Kier molecular flexibility index (Phi) is 4.09. The Balaban J connectivity index is 1.53. The van der Waals surface area contributed by atoms with Gasteiger partial charge in [-0.3, -0.25) is 4.98 Å². The number of anilines is 3. The quantitative estimate of drug-likeness (QED) is 0.531. The average Bonchev–Trinajstić information content (AvgIpc) is 2.74. The number of rotatable bonds is 3. The number of nitrogen functional groups attached to an aromatic ring is 1. The molecule has 6 nitrogen and oxygen atoms in total. The minimum Gasteiger partial charge on any atom is -0.399 e. The highest BCUT2D eigenvalue weighted by molar-refractivity contribution is 6.01. The van der Waals surface area contributed by atoms with E-state index in [9.17, 15) is 4.79 Å². The largest absolute Gasteiger partial charge is 0.399 e. The van der Waals surface area contributed by atoms with Crippen LogP contribution in [0.4, 0.5) is 22.0 Å². The Morgan fingerprint density at radius 3 is 2.76 bits per heavy atom. The van der Waals surface area contributed by atoms with Crippen molar-refractivity contribution in [3.05, 3.63) is 90.3 Å². The molecule has 1 aliphatic rings. The van der Waals surface area contributed by atoms with Gasteiger partial charge in [0.15, 0.2) is 0 Å². The smallest absolute Gasteiger partial charge is 0.330 e. The highest BCUT2D eigenvalue weighted by atomic mass is 16.2. The van der Waals surface area contributed by atoms with E-state index in [1.165, 1.54) is 0 Å². The van der Waals surface area contributed by atoms with Crippen molar-refractivity contribution in [2.45, 2.75) is 13.1 Å². The molecule has 5 rings (SSSR count). The van der Waals surface area contributed by atoms with Crippen LogP contribution in [0.25, 0.3) is 10.9 Å². The molecule has 2 aromatic carbocycles. The predicted molar refractivity (Wildman–Crippen MR) is 114 cm³/mol. The summed E-state index contributed by atoms with van der Waals surface area (Å²) >= 11 is 0. The second-order valence-electron chi connectivity index (χ2n) is 7.05. The second kappa shape index (κ2) is 6.91. The Labute approximate surface area is 168 Å². The summed E-state index contributed by atoms with van der Waals surface area (Å²) in [5.41, 5.74) is 10.0. The zero-order chi connectivity index (χ0) is 19.8. The number of para-hydroxylation sites is 1. The van der Waals surface area contributed by atoms with Crippen molar-refractivity contribution >= 4 is 34.1 Å². The van der Waals surface area contributed by atoms with Gasteiger partial charge < -0.3 is 10.6 Å². The molecule has 0 unspecified atom stereocenters. The molecular formula is C23H19N5O. The Bertz CT molecular complexity index is 1220. The lowest BCUT2D eigenvalue weighted by Gasteiger charge is -2.36. The molecule has 0 saturated heterocycles. The van der Waals surface area contributed by atoms with Crippen LogP contribution in [0.3, 0.4) is 0 Å². The average molecular weight is 381 g/mol. The molecule has 0 bridgehead atoms. The van der Waals surface area contributed by atoms with Crippen LogP contribution >= 0.6 is 0 Å². The van der Waals surface area contributed by atoms with Gasteiger partial charge in [-0.15, -0.1) is 0 Å². The van der Waals surface area contributed by atoms with Crippen LogP contribution in [0.1, 0.15) is 11.3 Å². The second-order valence-corrected chi connectivity index (χ2v) is 7.05. The maximum Gasteiger partial charge on any atom is 0.330 e. The standard InChI is InChI=1S/C23H19N5O/c24-18-7-3-8-20(13-18)28-22-17(6-4-12-25-22)14-27(23(28)29)15-19-11-10-16-5-1-2-9-21(16)26-19/h1-13H,14-15,24H2. The molecule has 0 radical (unpaired) electrons. The number of carbonyl (C=O) groups excluding carboxylic acids is 1. The van der Waals surface area contributed by atoms with Crippen molar-refractivity contribution in [1.29, 1.82) is 0 Å². The number of hydrogen-bond acceptors (Lipinski definition) is 4. The van der Waals surface area contributed by atoms with Gasteiger partial charge in [0, 0.05) is 22.8 Å². The molecular weight excluding hydrogens is 362 g/mol. The summed E-state index contributed by atoms with van der Waals surface area (Å²) in [5.74, 6) is 0.644. The molecule has 0 atom stereocenters. The first-order chi connectivity index (χ1) is 14.2. The first-order valence-corrected chi connectivity index (χ1v) is 9.42. The van der Waals surface area contributed by atoms with Crippen molar-refractivity contribution in [2.24, 2.45) is 0 Å². The van der Waals surface area contributed by atoms with Gasteiger partial charge in [-0.1, -0.05) is 36.4 Å². The van der Waals surface area contributed by atoms with E-state index in [1.54, 1.807) is 28.1 Å². The first kappa shape index (κ1) is 17.2. The number of aromatic nitrogens is 2. The molecule has 4 aromatic rings. The molecule has 0 saturated carbocycles. The van der Waals surface area contributed by atoms with Crippen molar-refractivity contribution in [3.8, 4) is 0 Å². The van der Waals surface area contributed by atoms with Gasteiger partial charge in [0.1, 0.15) is 5.82 Å². The van der Waals surface area contributed by atoms with Crippen molar-refractivity contribution in [2.75, 3.05) is 10.6 Å². The maximum atomic E-state index is 13.4. The number of fused-ring (bicyclic) bond motifs is 2. The molecule has 0 spiro atoms. The summed E-state index contributed by atoms with van der Waals surface area (Å²) in [6.45, 7) is 0.895. The molecule has 2 amide bonds. The van der Waals surface area contributed by atoms with E-state index in [0.29, 0.717) is 30.3 Å². The third-order valence-corrected chi connectivity index (χ3v) is 5.04. The molecule has 2 N–H and O–H groups in total. The van der Waals surface area contributed by atoms with Gasteiger partial charge in [-0.05, 0) is 36.4 Å². The zero-order valence-corrected chi connectivity index (χ0v) is 15.7. The minimum atomic E-state index is -0.142. The van der Waals surface area contributed by atoms with E-state index in [2.05, 4.69) is 4.98 Å². The fourth-order valence-electron chi connectivity index (χ4n) is 3.67. The van der Waals surface area contributed by atoms with E-state index in [1.807, 2.05) is 60.7 Å². The van der Waals surface area contributed by atoms with Gasteiger partial charge in [-0.2, -0.15) is 0 Å².